The maximum Gasteiger partial charge on any atom is -0.0190 e. The van der Waals surface area contributed by atoms with Crippen LogP contribution in [0.1, 0.15) is 29.5 Å². The minimum absolute atomic E-state index is 0.397. The van der Waals surface area contributed by atoms with Crippen molar-refractivity contribution in [2.75, 3.05) is 0 Å². The molecule has 0 amide bonds. The second-order valence-corrected chi connectivity index (χ2v) is 3.32. The van der Waals surface area contributed by atoms with Crippen LogP contribution in [0.25, 0.3) is 0 Å². The highest BCUT2D eigenvalue weighted by Crippen LogP contribution is 2.16. The van der Waals surface area contributed by atoms with Crippen molar-refractivity contribution in [1.29, 1.82) is 0 Å². The van der Waals surface area contributed by atoms with Crippen LogP contribution in [0.3, 0.4) is 0 Å². The number of benzene rings is 1. The zero-order valence-corrected chi connectivity index (χ0v) is 7.52. The average Bonchev–Trinajstić information content (AvgIpc) is 1.85. The van der Waals surface area contributed by atoms with Crippen LogP contribution in [0.2, 0.25) is 0 Å². The van der Waals surface area contributed by atoms with Crippen LogP contribution in [0.5, 0.6) is 0 Å². The first-order valence-electron chi connectivity index (χ1n) is 4.01. The minimum atomic E-state index is 0.397. The zero-order chi connectivity index (χ0) is 8.43. The molecule has 1 rings (SSSR count). The van der Waals surface area contributed by atoms with Crippen molar-refractivity contribution in [1.82, 2.24) is 0 Å². The van der Waals surface area contributed by atoms with Gasteiger partial charge < -0.3 is 0 Å². The molecule has 11 heavy (non-hydrogen) atoms. The number of rotatable bonds is 1. The number of hydrogen-bond donors (Lipinski definition) is 0. The molecule has 0 saturated carbocycles. The largest absolute Gasteiger partial charge is 0.0584 e. The second-order valence-electron chi connectivity index (χ2n) is 3.32. The fourth-order valence-electron chi connectivity index (χ4n) is 1.29. The molecule has 0 aliphatic carbocycles. The summed E-state index contributed by atoms with van der Waals surface area (Å²) in [6.45, 7) is 10.4. The molecule has 59 valence electrons. The van der Waals surface area contributed by atoms with E-state index >= 15 is 0 Å². The van der Waals surface area contributed by atoms with Gasteiger partial charge in [-0.3, -0.25) is 0 Å². The Morgan fingerprint density at radius 1 is 1.09 bits per heavy atom. The topological polar surface area (TPSA) is 0 Å². The molecule has 1 radical (unpaired) electrons. The van der Waals surface area contributed by atoms with Gasteiger partial charge in [-0.05, 0) is 32.3 Å². The summed E-state index contributed by atoms with van der Waals surface area (Å²) < 4.78 is 0. The lowest BCUT2D eigenvalue weighted by atomic mass is 9.99. The smallest absolute Gasteiger partial charge is 0.0190 e. The third-order valence-corrected chi connectivity index (χ3v) is 1.81. The molecular formula is C11H15. The first kappa shape index (κ1) is 8.32. The summed E-state index contributed by atoms with van der Waals surface area (Å²) in [6, 6.07) is 6.58. The van der Waals surface area contributed by atoms with Gasteiger partial charge in [-0.1, -0.05) is 36.2 Å². The van der Waals surface area contributed by atoms with Crippen LogP contribution < -0.4 is 0 Å². The molecule has 0 aliphatic rings. The van der Waals surface area contributed by atoms with E-state index in [-0.39, 0.29) is 0 Å². The van der Waals surface area contributed by atoms with E-state index in [0.717, 1.165) is 0 Å². The van der Waals surface area contributed by atoms with Gasteiger partial charge in [-0.15, -0.1) is 0 Å². The molecule has 1 aromatic carbocycles. The first-order valence-corrected chi connectivity index (χ1v) is 4.01. The van der Waals surface area contributed by atoms with E-state index in [4.69, 9.17) is 0 Å². The number of aryl methyl sites for hydroxylation is 2. The van der Waals surface area contributed by atoms with E-state index in [9.17, 15) is 0 Å². The highest BCUT2D eigenvalue weighted by molar-refractivity contribution is 5.30. The van der Waals surface area contributed by atoms with Gasteiger partial charge in [-0.25, -0.2) is 0 Å². The van der Waals surface area contributed by atoms with Crippen molar-refractivity contribution in [2.45, 2.75) is 26.7 Å². The minimum Gasteiger partial charge on any atom is -0.0584 e. The Bertz CT molecular complexity index is 226. The Morgan fingerprint density at radius 2 is 1.55 bits per heavy atom. The SMILES string of the molecule is [CH2]C(C)c1cc(C)cc(C)c1. The van der Waals surface area contributed by atoms with Gasteiger partial charge in [0.05, 0.1) is 0 Å². The van der Waals surface area contributed by atoms with E-state index in [1.165, 1.54) is 16.7 Å². The summed E-state index contributed by atoms with van der Waals surface area (Å²) >= 11 is 0. The third-order valence-electron chi connectivity index (χ3n) is 1.81. The van der Waals surface area contributed by atoms with E-state index in [2.05, 4.69) is 45.9 Å². The Kier molecular flexibility index (Phi) is 2.33. The Hall–Kier alpha value is -0.780. The fraction of sp³-hybridized carbons (Fsp3) is 0.364. The van der Waals surface area contributed by atoms with Gasteiger partial charge in [0.25, 0.3) is 0 Å². The first-order chi connectivity index (χ1) is 5.09. The van der Waals surface area contributed by atoms with E-state index < -0.39 is 0 Å². The van der Waals surface area contributed by atoms with Gasteiger partial charge in [0.2, 0.25) is 0 Å². The molecule has 0 heterocycles. The number of hydrogen-bond acceptors (Lipinski definition) is 0. The standard InChI is InChI=1S/C11H15/c1-8(2)11-6-9(3)5-10(4)7-11/h5-8H,1H2,2-4H3. The van der Waals surface area contributed by atoms with Crippen molar-refractivity contribution in [3.63, 3.8) is 0 Å². The van der Waals surface area contributed by atoms with Crippen molar-refractivity contribution < 1.29 is 0 Å². The second kappa shape index (κ2) is 3.08. The molecule has 0 spiro atoms. The lowest BCUT2D eigenvalue weighted by Gasteiger charge is -2.07. The zero-order valence-electron chi connectivity index (χ0n) is 7.52. The summed E-state index contributed by atoms with van der Waals surface area (Å²) in [7, 11) is 0. The molecular weight excluding hydrogens is 132 g/mol. The Balaban J connectivity index is 3.08. The molecule has 0 heteroatoms. The predicted octanol–water partition coefficient (Wildman–Crippen LogP) is 3.24. The maximum absolute atomic E-state index is 3.99. The maximum atomic E-state index is 3.99. The molecule has 1 aromatic rings. The average molecular weight is 147 g/mol. The summed E-state index contributed by atoms with van der Waals surface area (Å²) in [5.74, 6) is 0.397. The monoisotopic (exact) mass is 147 g/mol. The molecule has 1 atom stereocenters. The van der Waals surface area contributed by atoms with Crippen molar-refractivity contribution >= 4 is 0 Å². The van der Waals surface area contributed by atoms with Gasteiger partial charge in [0.1, 0.15) is 0 Å². The fourth-order valence-corrected chi connectivity index (χ4v) is 1.29. The molecule has 0 saturated heterocycles. The lowest BCUT2D eigenvalue weighted by Crippen LogP contribution is -1.89. The van der Waals surface area contributed by atoms with Crippen molar-refractivity contribution in [3.8, 4) is 0 Å². The van der Waals surface area contributed by atoms with Crippen LogP contribution in [0, 0.1) is 20.8 Å². The van der Waals surface area contributed by atoms with Gasteiger partial charge >= 0.3 is 0 Å². The highest BCUT2D eigenvalue weighted by atomic mass is 14.0. The summed E-state index contributed by atoms with van der Waals surface area (Å²) in [6.07, 6.45) is 0. The molecule has 0 aliphatic heterocycles. The van der Waals surface area contributed by atoms with Gasteiger partial charge in [-0.2, -0.15) is 0 Å². The predicted molar refractivity (Wildman–Crippen MR) is 49.7 cm³/mol. The molecule has 0 fully saturated rings. The quantitative estimate of drug-likeness (QED) is 0.572. The lowest BCUT2D eigenvalue weighted by molar-refractivity contribution is 0.958. The van der Waals surface area contributed by atoms with E-state index in [1.807, 2.05) is 0 Å². The van der Waals surface area contributed by atoms with Crippen LogP contribution in [-0.4, -0.2) is 0 Å². The molecule has 1 unspecified atom stereocenters. The summed E-state index contributed by atoms with van der Waals surface area (Å²) in [5, 5.41) is 0. The van der Waals surface area contributed by atoms with Crippen LogP contribution in [0.15, 0.2) is 18.2 Å². The summed E-state index contributed by atoms with van der Waals surface area (Å²) in [4.78, 5) is 0. The van der Waals surface area contributed by atoms with Gasteiger partial charge in [0, 0.05) is 0 Å². The third kappa shape index (κ3) is 2.07. The van der Waals surface area contributed by atoms with Crippen molar-refractivity contribution in [2.24, 2.45) is 0 Å². The van der Waals surface area contributed by atoms with Crippen LogP contribution >= 0.6 is 0 Å². The Morgan fingerprint density at radius 3 is 1.91 bits per heavy atom. The molecule has 0 aromatic heterocycles. The summed E-state index contributed by atoms with van der Waals surface area (Å²) in [5.41, 5.74) is 3.99. The van der Waals surface area contributed by atoms with Crippen LogP contribution in [0.4, 0.5) is 0 Å². The normalized spacial score (nSPS) is 10.6. The molecule has 0 nitrogen and oxygen atoms in total. The highest BCUT2D eigenvalue weighted by Gasteiger charge is 1.99. The van der Waals surface area contributed by atoms with E-state index in [1.54, 1.807) is 0 Å². The Labute approximate surface area is 69.3 Å². The molecule has 0 N–H and O–H groups in total. The molecule has 0 bridgehead atoms. The van der Waals surface area contributed by atoms with Gasteiger partial charge in [0.15, 0.2) is 0 Å². The van der Waals surface area contributed by atoms with Crippen molar-refractivity contribution in [3.05, 3.63) is 41.8 Å². The van der Waals surface area contributed by atoms with E-state index in [0.29, 0.717) is 5.92 Å². The van der Waals surface area contributed by atoms with Crippen LogP contribution in [-0.2, 0) is 0 Å².